The fourth-order valence-corrected chi connectivity index (χ4v) is 4.37. The normalized spacial score (nSPS) is 35.8. The minimum absolute atomic E-state index is 0.413. The number of rotatable bonds is 4. The lowest BCUT2D eigenvalue weighted by Crippen LogP contribution is -2.60. The summed E-state index contributed by atoms with van der Waals surface area (Å²) in [5, 5.41) is 3.77. The van der Waals surface area contributed by atoms with Gasteiger partial charge in [0.2, 0.25) is 0 Å². The van der Waals surface area contributed by atoms with Gasteiger partial charge < -0.3 is 10.2 Å². The summed E-state index contributed by atoms with van der Waals surface area (Å²) >= 11 is 2.11. The molecule has 1 aliphatic carbocycles. The molecule has 4 heteroatoms. The highest BCUT2D eigenvalue weighted by Gasteiger charge is 2.43. The number of thioether (sulfide) groups is 1. The zero-order valence-corrected chi connectivity index (χ0v) is 12.5. The summed E-state index contributed by atoms with van der Waals surface area (Å²) in [5.74, 6) is 3.62. The minimum Gasteiger partial charge on any atom is -0.309 e. The molecule has 2 aliphatic heterocycles. The molecule has 2 heterocycles. The molecule has 3 rings (SSSR count). The summed E-state index contributed by atoms with van der Waals surface area (Å²) < 4.78 is 0. The molecule has 0 amide bonds. The standard InChI is InChI=1S/C14H27N3S/c1-14(13-2-3-13)12-17(5-4-15-14)7-6-16-8-10-18-11-9-16/h13,15H,2-12H2,1H3. The van der Waals surface area contributed by atoms with Gasteiger partial charge in [-0.05, 0) is 25.7 Å². The summed E-state index contributed by atoms with van der Waals surface area (Å²) in [5.41, 5.74) is 0.413. The highest BCUT2D eigenvalue weighted by molar-refractivity contribution is 7.99. The average molecular weight is 269 g/mol. The van der Waals surface area contributed by atoms with E-state index in [1.165, 1.54) is 70.2 Å². The van der Waals surface area contributed by atoms with Crippen LogP contribution in [0.2, 0.25) is 0 Å². The lowest BCUT2D eigenvalue weighted by Gasteiger charge is -2.42. The Balaban J connectivity index is 1.44. The SMILES string of the molecule is CC1(C2CC2)CN(CCN2CCSCC2)CCN1. The van der Waals surface area contributed by atoms with Crippen LogP contribution in [0.25, 0.3) is 0 Å². The first-order chi connectivity index (χ1) is 8.76. The lowest BCUT2D eigenvalue weighted by molar-refractivity contribution is 0.114. The molecule has 1 unspecified atom stereocenters. The number of hydrogen-bond donors (Lipinski definition) is 1. The van der Waals surface area contributed by atoms with E-state index in [2.05, 4.69) is 33.8 Å². The molecule has 0 aromatic rings. The van der Waals surface area contributed by atoms with Crippen LogP contribution in [0.4, 0.5) is 0 Å². The molecule has 104 valence electrons. The summed E-state index contributed by atoms with van der Waals surface area (Å²) in [6.07, 6.45) is 2.89. The van der Waals surface area contributed by atoms with Crippen molar-refractivity contribution >= 4 is 11.8 Å². The van der Waals surface area contributed by atoms with Crippen molar-refractivity contribution in [3.8, 4) is 0 Å². The topological polar surface area (TPSA) is 18.5 Å². The van der Waals surface area contributed by atoms with Crippen molar-refractivity contribution in [3.63, 3.8) is 0 Å². The van der Waals surface area contributed by atoms with Gasteiger partial charge in [-0.2, -0.15) is 11.8 Å². The summed E-state index contributed by atoms with van der Waals surface area (Å²) in [7, 11) is 0. The third kappa shape index (κ3) is 3.21. The second kappa shape index (κ2) is 5.70. The minimum atomic E-state index is 0.413. The zero-order chi connectivity index (χ0) is 12.4. The Morgan fingerprint density at radius 2 is 1.83 bits per heavy atom. The van der Waals surface area contributed by atoms with Crippen molar-refractivity contribution < 1.29 is 0 Å². The summed E-state index contributed by atoms with van der Waals surface area (Å²) in [6.45, 7) is 11.3. The van der Waals surface area contributed by atoms with Gasteiger partial charge >= 0.3 is 0 Å². The molecule has 1 saturated carbocycles. The van der Waals surface area contributed by atoms with E-state index in [1.54, 1.807) is 0 Å². The summed E-state index contributed by atoms with van der Waals surface area (Å²) in [6, 6.07) is 0. The predicted octanol–water partition coefficient (Wildman–Crippen LogP) is 1.11. The van der Waals surface area contributed by atoms with Gasteiger partial charge in [-0.3, -0.25) is 4.90 Å². The maximum absolute atomic E-state index is 3.77. The Morgan fingerprint density at radius 3 is 2.56 bits per heavy atom. The van der Waals surface area contributed by atoms with Gasteiger partial charge in [0.15, 0.2) is 0 Å². The van der Waals surface area contributed by atoms with Crippen molar-refractivity contribution in [3.05, 3.63) is 0 Å². The molecule has 3 fully saturated rings. The quantitative estimate of drug-likeness (QED) is 0.824. The molecule has 0 radical (unpaired) electrons. The van der Waals surface area contributed by atoms with Crippen molar-refractivity contribution in [2.24, 2.45) is 5.92 Å². The molecule has 3 aliphatic rings. The van der Waals surface area contributed by atoms with Crippen molar-refractivity contribution in [1.82, 2.24) is 15.1 Å². The Hall–Kier alpha value is 0.230. The van der Waals surface area contributed by atoms with Crippen LogP contribution < -0.4 is 5.32 Å². The predicted molar refractivity (Wildman–Crippen MR) is 79.3 cm³/mol. The van der Waals surface area contributed by atoms with Gasteiger partial charge in [-0.15, -0.1) is 0 Å². The first-order valence-electron chi connectivity index (χ1n) is 7.54. The summed E-state index contributed by atoms with van der Waals surface area (Å²) in [4.78, 5) is 5.34. The first-order valence-corrected chi connectivity index (χ1v) is 8.69. The van der Waals surface area contributed by atoms with Gasteiger partial charge in [0.05, 0.1) is 0 Å². The first kappa shape index (κ1) is 13.2. The molecule has 0 aromatic carbocycles. The Morgan fingerprint density at radius 1 is 1.11 bits per heavy atom. The van der Waals surface area contributed by atoms with E-state index < -0.39 is 0 Å². The van der Waals surface area contributed by atoms with Crippen molar-refractivity contribution in [2.75, 3.05) is 57.3 Å². The van der Waals surface area contributed by atoms with E-state index in [9.17, 15) is 0 Å². The van der Waals surface area contributed by atoms with Crippen LogP contribution in [-0.4, -0.2) is 72.7 Å². The van der Waals surface area contributed by atoms with Crippen LogP contribution in [0.15, 0.2) is 0 Å². The van der Waals surface area contributed by atoms with Gasteiger partial charge in [0, 0.05) is 62.9 Å². The molecule has 0 aromatic heterocycles. The number of nitrogens with one attached hydrogen (secondary N) is 1. The lowest BCUT2D eigenvalue weighted by atomic mass is 9.93. The third-order valence-corrected chi connectivity index (χ3v) is 5.77. The Labute approximate surface area is 116 Å². The van der Waals surface area contributed by atoms with Gasteiger partial charge in [0.25, 0.3) is 0 Å². The maximum atomic E-state index is 3.77. The smallest absolute Gasteiger partial charge is 0.0309 e. The van der Waals surface area contributed by atoms with Gasteiger partial charge in [-0.25, -0.2) is 0 Å². The zero-order valence-electron chi connectivity index (χ0n) is 11.7. The van der Waals surface area contributed by atoms with E-state index in [4.69, 9.17) is 0 Å². The van der Waals surface area contributed by atoms with E-state index in [1.807, 2.05) is 0 Å². The maximum Gasteiger partial charge on any atom is 0.0309 e. The van der Waals surface area contributed by atoms with Gasteiger partial charge in [-0.1, -0.05) is 0 Å². The molecule has 0 spiro atoms. The highest BCUT2D eigenvalue weighted by Crippen LogP contribution is 2.40. The van der Waals surface area contributed by atoms with E-state index in [-0.39, 0.29) is 0 Å². The Bertz CT molecular complexity index is 276. The van der Waals surface area contributed by atoms with Crippen LogP contribution >= 0.6 is 11.8 Å². The second-order valence-electron chi connectivity index (χ2n) is 6.35. The van der Waals surface area contributed by atoms with E-state index in [0.29, 0.717) is 5.54 Å². The Kier molecular flexibility index (Phi) is 4.18. The molecule has 1 atom stereocenters. The van der Waals surface area contributed by atoms with Crippen LogP contribution in [0, 0.1) is 5.92 Å². The number of piperazine rings is 1. The molecule has 0 bridgehead atoms. The van der Waals surface area contributed by atoms with Gasteiger partial charge in [0.1, 0.15) is 0 Å². The number of hydrogen-bond acceptors (Lipinski definition) is 4. The molecular formula is C14H27N3S. The molecule has 3 nitrogen and oxygen atoms in total. The van der Waals surface area contributed by atoms with Crippen molar-refractivity contribution in [1.29, 1.82) is 0 Å². The fourth-order valence-electron chi connectivity index (χ4n) is 3.39. The van der Waals surface area contributed by atoms with Crippen LogP contribution in [-0.2, 0) is 0 Å². The number of nitrogens with zero attached hydrogens (tertiary/aromatic N) is 2. The average Bonchev–Trinajstić information content (AvgIpc) is 3.22. The largest absolute Gasteiger partial charge is 0.309 e. The van der Waals surface area contributed by atoms with Crippen molar-refractivity contribution in [2.45, 2.75) is 25.3 Å². The van der Waals surface area contributed by atoms with Crippen LogP contribution in [0.5, 0.6) is 0 Å². The molecular weight excluding hydrogens is 242 g/mol. The van der Waals surface area contributed by atoms with E-state index in [0.717, 1.165) is 5.92 Å². The molecule has 2 saturated heterocycles. The fraction of sp³-hybridized carbons (Fsp3) is 1.00. The van der Waals surface area contributed by atoms with Crippen LogP contribution in [0.1, 0.15) is 19.8 Å². The molecule has 1 N–H and O–H groups in total. The van der Waals surface area contributed by atoms with Crippen LogP contribution in [0.3, 0.4) is 0 Å². The second-order valence-corrected chi connectivity index (χ2v) is 7.57. The monoisotopic (exact) mass is 269 g/mol. The third-order valence-electron chi connectivity index (χ3n) is 4.82. The highest BCUT2D eigenvalue weighted by atomic mass is 32.2. The molecule has 18 heavy (non-hydrogen) atoms. The van der Waals surface area contributed by atoms with E-state index >= 15 is 0 Å².